The van der Waals surface area contributed by atoms with Gasteiger partial charge in [0.15, 0.2) is 0 Å². The van der Waals surface area contributed by atoms with E-state index in [0.29, 0.717) is 6.01 Å². The summed E-state index contributed by atoms with van der Waals surface area (Å²) < 4.78 is 11.2. The van der Waals surface area contributed by atoms with Crippen molar-refractivity contribution < 1.29 is 9.47 Å². The van der Waals surface area contributed by atoms with Gasteiger partial charge < -0.3 is 9.47 Å². The average Bonchev–Trinajstić information content (AvgIpc) is 2.45. The third kappa shape index (κ3) is 2.61. The van der Waals surface area contributed by atoms with Crippen molar-refractivity contribution in [2.75, 3.05) is 7.11 Å². The lowest BCUT2D eigenvalue weighted by Gasteiger charge is -2.24. The first-order valence-electron chi connectivity index (χ1n) is 6.89. The largest absolute Gasteiger partial charge is 0.467 e. The molecular weight excluding hydrogens is 264 g/mol. The standard InChI is InChI=1S/C17H18N2O2/c1-17(2,3)9-14-12-10-18-16(20-4)19-15(12)11-7-5-6-8-13(11)21-14/h5-10H,1-4H3/b14-9-. The number of hydrogen-bond acceptors (Lipinski definition) is 4. The van der Waals surface area contributed by atoms with Crippen LogP contribution in [0.5, 0.6) is 11.8 Å². The molecule has 1 aliphatic rings. The van der Waals surface area contributed by atoms with Gasteiger partial charge in [0.1, 0.15) is 11.5 Å². The Hall–Kier alpha value is -2.36. The van der Waals surface area contributed by atoms with Crippen LogP contribution in [0.1, 0.15) is 26.3 Å². The molecule has 1 aromatic carbocycles. The van der Waals surface area contributed by atoms with Crippen LogP contribution < -0.4 is 9.47 Å². The molecule has 4 heteroatoms. The van der Waals surface area contributed by atoms with Gasteiger partial charge in [-0.1, -0.05) is 32.9 Å². The molecule has 0 saturated heterocycles. The van der Waals surface area contributed by atoms with Crippen LogP contribution in [-0.4, -0.2) is 17.1 Å². The molecule has 0 aliphatic carbocycles. The van der Waals surface area contributed by atoms with E-state index in [0.717, 1.165) is 28.3 Å². The summed E-state index contributed by atoms with van der Waals surface area (Å²) in [5.41, 5.74) is 2.70. The first-order chi connectivity index (χ1) is 9.98. The second kappa shape index (κ2) is 4.88. The highest BCUT2D eigenvalue weighted by atomic mass is 16.5. The van der Waals surface area contributed by atoms with Crippen LogP contribution >= 0.6 is 0 Å². The lowest BCUT2D eigenvalue weighted by molar-refractivity contribution is 0.379. The second-order valence-corrected chi connectivity index (χ2v) is 6.09. The summed E-state index contributed by atoms with van der Waals surface area (Å²) in [4.78, 5) is 8.71. The summed E-state index contributed by atoms with van der Waals surface area (Å²) in [5, 5.41) is 0. The lowest BCUT2D eigenvalue weighted by Crippen LogP contribution is -2.11. The molecule has 0 atom stereocenters. The molecule has 0 radical (unpaired) electrons. The summed E-state index contributed by atoms with van der Waals surface area (Å²) in [6.07, 6.45) is 3.85. The lowest BCUT2D eigenvalue weighted by atomic mass is 9.92. The minimum absolute atomic E-state index is 0.00118. The van der Waals surface area contributed by atoms with Crippen molar-refractivity contribution in [3.8, 4) is 23.0 Å². The van der Waals surface area contributed by atoms with Gasteiger partial charge in [-0.2, -0.15) is 4.98 Å². The van der Waals surface area contributed by atoms with Crippen LogP contribution in [0.3, 0.4) is 0 Å². The molecule has 2 aromatic rings. The molecule has 0 spiro atoms. The highest BCUT2D eigenvalue weighted by molar-refractivity contribution is 5.84. The molecule has 0 bridgehead atoms. The van der Waals surface area contributed by atoms with Gasteiger partial charge in [-0.3, -0.25) is 0 Å². The van der Waals surface area contributed by atoms with Gasteiger partial charge in [0, 0.05) is 11.8 Å². The molecule has 108 valence electrons. The fourth-order valence-electron chi connectivity index (χ4n) is 2.27. The third-order valence-corrected chi connectivity index (χ3v) is 3.14. The van der Waals surface area contributed by atoms with Gasteiger partial charge >= 0.3 is 6.01 Å². The minimum atomic E-state index is -0.00118. The van der Waals surface area contributed by atoms with E-state index in [1.807, 2.05) is 24.3 Å². The number of benzene rings is 1. The van der Waals surface area contributed by atoms with Gasteiger partial charge in [0.05, 0.1) is 18.4 Å². The van der Waals surface area contributed by atoms with Crippen LogP contribution in [0, 0.1) is 5.41 Å². The van der Waals surface area contributed by atoms with Crippen LogP contribution in [0.4, 0.5) is 0 Å². The molecule has 0 fully saturated rings. The van der Waals surface area contributed by atoms with Crippen molar-refractivity contribution in [3.63, 3.8) is 0 Å². The van der Waals surface area contributed by atoms with Gasteiger partial charge in [-0.25, -0.2) is 4.98 Å². The van der Waals surface area contributed by atoms with E-state index in [9.17, 15) is 0 Å². The fraction of sp³-hybridized carbons (Fsp3) is 0.294. The Kier molecular flexibility index (Phi) is 3.16. The van der Waals surface area contributed by atoms with Crippen molar-refractivity contribution >= 4 is 5.76 Å². The molecular formula is C17H18N2O2. The van der Waals surface area contributed by atoms with E-state index in [1.165, 1.54) is 0 Å². The molecule has 0 saturated carbocycles. The van der Waals surface area contributed by atoms with E-state index in [-0.39, 0.29) is 5.41 Å². The number of hydrogen-bond donors (Lipinski definition) is 0. The number of aromatic nitrogens is 2. The summed E-state index contributed by atoms with van der Waals surface area (Å²) in [6.45, 7) is 6.40. The minimum Gasteiger partial charge on any atom is -0.467 e. The quantitative estimate of drug-likeness (QED) is 0.795. The van der Waals surface area contributed by atoms with Crippen LogP contribution in [0.15, 0.2) is 36.5 Å². The van der Waals surface area contributed by atoms with Crippen LogP contribution in [0.2, 0.25) is 0 Å². The van der Waals surface area contributed by atoms with E-state index in [4.69, 9.17) is 9.47 Å². The monoisotopic (exact) mass is 282 g/mol. The van der Waals surface area contributed by atoms with Gasteiger partial charge in [-0.15, -0.1) is 0 Å². The number of para-hydroxylation sites is 1. The number of fused-ring (bicyclic) bond motifs is 3. The van der Waals surface area contributed by atoms with Crippen LogP contribution in [0.25, 0.3) is 17.0 Å². The molecule has 2 heterocycles. The zero-order valence-electron chi connectivity index (χ0n) is 12.7. The Bertz CT molecular complexity index is 715. The zero-order chi connectivity index (χ0) is 15.0. The zero-order valence-corrected chi connectivity index (χ0v) is 12.7. The summed E-state index contributed by atoms with van der Waals surface area (Å²) in [6, 6.07) is 8.23. The van der Waals surface area contributed by atoms with Crippen molar-refractivity contribution in [3.05, 3.63) is 42.1 Å². The summed E-state index contributed by atoms with van der Waals surface area (Å²) in [5.74, 6) is 1.60. The van der Waals surface area contributed by atoms with E-state index in [2.05, 4.69) is 36.8 Å². The first-order valence-corrected chi connectivity index (χ1v) is 6.89. The maximum atomic E-state index is 6.05. The maximum absolute atomic E-state index is 6.05. The fourth-order valence-corrected chi connectivity index (χ4v) is 2.27. The summed E-state index contributed by atoms with van der Waals surface area (Å²) in [7, 11) is 1.57. The Balaban J connectivity index is 2.24. The Morgan fingerprint density at radius 1 is 1.14 bits per heavy atom. The second-order valence-electron chi connectivity index (χ2n) is 6.09. The molecule has 1 aromatic heterocycles. The molecule has 3 rings (SSSR count). The summed E-state index contributed by atoms with van der Waals surface area (Å²) >= 11 is 0. The molecule has 1 aliphatic heterocycles. The van der Waals surface area contributed by atoms with Crippen molar-refractivity contribution in [1.29, 1.82) is 0 Å². The van der Waals surface area contributed by atoms with E-state index in [1.54, 1.807) is 13.3 Å². The van der Waals surface area contributed by atoms with Gasteiger partial charge in [0.25, 0.3) is 0 Å². The van der Waals surface area contributed by atoms with Crippen molar-refractivity contribution in [1.82, 2.24) is 9.97 Å². The average molecular weight is 282 g/mol. The molecule has 0 unspecified atom stereocenters. The van der Waals surface area contributed by atoms with E-state index < -0.39 is 0 Å². The Morgan fingerprint density at radius 2 is 1.90 bits per heavy atom. The predicted molar refractivity (Wildman–Crippen MR) is 82.1 cm³/mol. The van der Waals surface area contributed by atoms with E-state index >= 15 is 0 Å². The molecule has 0 N–H and O–H groups in total. The maximum Gasteiger partial charge on any atom is 0.316 e. The smallest absolute Gasteiger partial charge is 0.316 e. The van der Waals surface area contributed by atoms with Crippen LogP contribution in [-0.2, 0) is 0 Å². The Labute approximate surface area is 124 Å². The number of nitrogens with zero attached hydrogens (tertiary/aromatic N) is 2. The first kappa shape index (κ1) is 13.6. The molecule has 4 nitrogen and oxygen atoms in total. The SMILES string of the molecule is COc1ncc2c(n1)-c1ccccc1O/C2=C\C(C)(C)C. The Morgan fingerprint density at radius 3 is 2.62 bits per heavy atom. The van der Waals surface area contributed by atoms with Gasteiger partial charge in [-0.05, 0) is 23.6 Å². The predicted octanol–water partition coefficient (Wildman–Crippen LogP) is 3.93. The normalized spacial score (nSPS) is 15.1. The number of rotatable bonds is 1. The van der Waals surface area contributed by atoms with Crippen molar-refractivity contribution in [2.45, 2.75) is 20.8 Å². The van der Waals surface area contributed by atoms with Gasteiger partial charge in [0.2, 0.25) is 0 Å². The third-order valence-electron chi connectivity index (χ3n) is 3.14. The number of ether oxygens (including phenoxy) is 2. The molecule has 0 amide bonds. The number of methoxy groups -OCH3 is 1. The topological polar surface area (TPSA) is 44.2 Å². The highest BCUT2D eigenvalue weighted by Gasteiger charge is 2.25. The highest BCUT2D eigenvalue weighted by Crippen LogP contribution is 2.42. The van der Waals surface area contributed by atoms with Crippen molar-refractivity contribution in [2.24, 2.45) is 5.41 Å². The number of allylic oxidation sites excluding steroid dienone is 1. The molecule has 21 heavy (non-hydrogen) atoms.